The number of hydrogen-bond acceptors (Lipinski definition) is 5. The highest BCUT2D eigenvalue weighted by molar-refractivity contribution is 8.03. The van der Waals surface area contributed by atoms with Crippen molar-refractivity contribution in [3.05, 3.63) is 51.7 Å². The van der Waals surface area contributed by atoms with E-state index < -0.39 is 0 Å². The minimum atomic E-state index is -0.305. The second-order valence-corrected chi connectivity index (χ2v) is 8.97. The van der Waals surface area contributed by atoms with Gasteiger partial charge in [0.05, 0.1) is 29.7 Å². The molecule has 2 aliphatic rings. The molecule has 27 heavy (non-hydrogen) atoms. The maximum atomic E-state index is 13.1. The van der Waals surface area contributed by atoms with Crippen molar-refractivity contribution in [2.45, 2.75) is 46.0 Å². The molecule has 1 N–H and O–H groups in total. The standard InChI is InChI=1S/C22H26N2O2S/c1-5-10-27-21-16(13-23)19(14-6-8-15(26-4)9-7-14)20-17(24-21)11-22(2,3)12-18(20)25/h6-9,19,24H,5,10-12H2,1-4H3/t19-/m1/s1. The Morgan fingerprint density at radius 1 is 1.30 bits per heavy atom. The van der Waals surface area contributed by atoms with Crippen LogP contribution in [0.4, 0.5) is 0 Å². The van der Waals surface area contributed by atoms with Crippen molar-refractivity contribution >= 4 is 17.5 Å². The van der Waals surface area contributed by atoms with E-state index in [-0.39, 0.29) is 17.1 Å². The molecule has 1 aromatic rings. The first-order valence-electron chi connectivity index (χ1n) is 9.34. The number of dihydropyridines is 1. The number of methoxy groups -OCH3 is 1. The number of carbonyl (C=O) groups excluding carboxylic acids is 1. The number of carbonyl (C=O) groups is 1. The van der Waals surface area contributed by atoms with Crippen LogP contribution in [0.2, 0.25) is 0 Å². The van der Waals surface area contributed by atoms with Crippen molar-refractivity contribution in [3.8, 4) is 11.8 Å². The normalized spacial score (nSPS) is 21.4. The molecule has 1 aliphatic carbocycles. The van der Waals surface area contributed by atoms with Gasteiger partial charge in [-0.3, -0.25) is 4.79 Å². The number of thioether (sulfide) groups is 1. The van der Waals surface area contributed by atoms with Gasteiger partial charge in [0.15, 0.2) is 5.78 Å². The number of nitrogens with zero attached hydrogens (tertiary/aromatic N) is 1. The van der Waals surface area contributed by atoms with E-state index in [4.69, 9.17) is 4.74 Å². The van der Waals surface area contributed by atoms with E-state index in [1.807, 2.05) is 24.3 Å². The van der Waals surface area contributed by atoms with Gasteiger partial charge in [0.2, 0.25) is 0 Å². The highest BCUT2D eigenvalue weighted by Gasteiger charge is 2.41. The summed E-state index contributed by atoms with van der Waals surface area (Å²) < 4.78 is 5.27. The van der Waals surface area contributed by atoms with E-state index in [2.05, 4.69) is 32.2 Å². The smallest absolute Gasteiger partial charge is 0.162 e. The Kier molecular flexibility index (Phi) is 5.67. The number of nitriles is 1. The molecule has 0 amide bonds. The summed E-state index contributed by atoms with van der Waals surface area (Å²) in [6.07, 6.45) is 2.35. The average molecular weight is 383 g/mol. The van der Waals surface area contributed by atoms with E-state index >= 15 is 0 Å². The fourth-order valence-corrected chi connectivity index (χ4v) is 4.75. The van der Waals surface area contributed by atoms with Gasteiger partial charge in [0, 0.05) is 17.7 Å². The second kappa shape index (κ2) is 7.82. The third-order valence-electron chi connectivity index (χ3n) is 5.03. The van der Waals surface area contributed by atoms with E-state index in [0.29, 0.717) is 12.0 Å². The molecule has 4 nitrogen and oxygen atoms in total. The second-order valence-electron chi connectivity index (χ2n) is 7.87. The summed E-state index contributed by atoms with van der Waals surface area (Å²) >= 11 is 1.67. The van der Waals surface area contributed by atoms with Crippen LogP contribution in [0.5, 0.6) is 5.75 Å². The zero-order valence-electron chi connectivity index (χ0n) is 16.4. The summed E-state index contributed by atoms with van der Waals surface area (Å²) in [5, 5.41) is 14.3. The molecule has 0 saturated carbocycles. The number of Topliss-reactive ketones (excluding diaryl/α,β-unsaturated/α-hetero) is 1. The number of nitrogens with one attached hydrogen (secondary N) is 1. The van der Waals surface area contributed by atoms with Crippen LogP contribution in [0.15, 0.2) is 46.1 Å². The molecule has 0 unspecified atom stereocenters. The van der Waals surface area contributed by atoms with Crippen molar-refractivity contribution in [2.75, 3.05) is 12.9 Å². The van der Waals surface area contributed by atoms with Crippen molar-refractivity contribution in [2.24, 2.45) is 5.41 Å². The fraction of sp³-hybridized carbons (Fsp3) is 0.455. The number of ketones is 1. The zero-order chi connectivity index (χ0) is 19.6. The number of benzene rings is 1. The zero-order valence-corrected chi connectivity index (χ0v) is 17.2. The number of ether oxygens (including phenoxy) is 1. The van der Waals surface area contributed by atoms with Gasteiger partial charge >= 0.3 is 0 Å². The maximum absolute atomic E-state index is 13.1. The Labute approximate surface area is 165 Å². The van der Waals surface area contributed by atoms with Crippen LogP contribution in [0, 0.1) is 16.7 Å². The van der Waals surface area contributed by atoms with Crippen LogP contribution in [0.1, 0.15) is 51.5 Å². The van der Waals surface area contributed by atoms with Crippen LogP contribution >= 0.6 is 11.8 Å². The van der Waals surface area contributed by atoms with E-state index in [1.165, 1.54) is 0 Å². The van der Waals surface area contributed by atoms with Gasteiger partial charge in [-0.25, -0.2) is 0 Å². The third kappa shape index (κ3) is 3.91. The van der Waals surface area contributed by atoms with Crippen molar-refractivity contribution in [1.82, 2.24) is 5.32 Å². The topological polar surface area (TPSA) is 62.1 Å². The predicted octanol–water partition coefficient (Wildman–Crippen LogP) is 4.90. The lowest BCUT2D eigenvalue weighted by Crippen LogP contribution is -2.36. The van der Waals surface area contributed by atoms with Gasteiger partial charge in [-0.05, 0) is 41.7 Å². The largest absolute Gasteiger partial charge is 0.497 e. The Balaban J connectivity index is 2.13. The molecular weight excluding hydrogens is 356 g/mol. The summed E-state index contributed by atoms with van der Waals surface area (Å²) in [5.74, 6) is 1.53. The van der Waals surface area contributed by atoms with Gasteiger partial charge in [0.25, 0.3) is 0 Å². The summed E-state index contributed by atoms with van der Waals surface area (Å²) in [5.41, 5.74) is 3.28. The van der Waals surface area contributed by atoms with Crippen LogP contribution in [-0.4, -0.2) is 18.6 Å². The maximum Gasteiger partial charge on any atom is 0.162 e. The molecular formula is C22H26N2O2S. The summed E-state index contributed by atoms with van der Waals surface area (Å²) in [6.45, 7) is 6.38. The molecule has 1 aliphatic heterocycles. The van der Waals surface area contributed by atoms with Gasteiger partial charge in [0.1, 0.15) is 5.75 Å². The quantitative estimate of drug-likeness (QED) is 0.784. The average Bonchev–Trinajstić information content (AvgIpc) is 2.64. The summed E-state index contributed by atoms with van der Waals surface area (Å²) in [6, 6.07) is 10.1. The lowest BCUT2D eigenvalue weighted by molar-refractivity contribution is -0.118. The summed E-state index contributed by atoms with van der Waals surface area (Å²) in [7, 11) is 1.63. The first-order valence-corrected chi connectivity index (χ1v) is 10.3. The summed E-state index contributed by atoms with van der Waals surface area (Å²) in [4.78, 5) is 13.1. The number of rotatable bonds is 5. The lowest BCUT2D eigenvalue weighted by atomic mass is 9.69. The minimum Gasteiger partial charge on any atom is -0.497 e. The number of hydrogen-bond donors (Lipinski definition) is 1. The molecule has 5 heteroatoms. The first kappa shape index (κ1) is 19.6. The molecule has 142 valence electrons. The monoisotopic (exact) mass is 382 g/mol. The predicted molar refractivity (Wildman–Crippen MR) is 109 cm³/mol. The van der Waals surface area contributed by atoms with Gasteiger partial charge in [-0.2, -0.15) is 5.26 Å². The Morgan fingerprint density at radius 3 is 2.59 bits per heavy atom. The molecule has 0 aromatic heterocycles. The minimum absolute atomic E-state index is 0.0714. The molecule has 1 heterocycles. The van der Waals surface area contributed by atoms with Crippen LogP contribution in [0.3, 0.4) is 0 Å². The molecule has 1 atom stereocenters. The third-order valence-corrected chi connectivity index (χ3v) is 6.25. The molecule has 0 radical (unpaired) electrons. The highest BCUT2D eigenvalue weighted by Crippen LogP contribution is 2.48. The SMILES string of the molecule is CCCSC1=C(C#N)[C@@H](c2ccc(OC)cc2)C2=C(CC(C)(C)CC2=O)N1. The highest BCUT2D eigenvalue weighted by atomic mass is 32.2. The first-order chi connectivity index (χ1) is 12.9. The van der Waals surface area contributed by atoms with E-state index in [9.17, 15) is 10.1 Å². The van der Waals surface area contributed by atoms with Gasteiger partial charge in [-0.15, -0.1) is 11.8 Å². The van der Waals surface area contributed by atoms with E-state index in [1.54, 1.807) is 18.9 Å². The fourth-order valence-electron chi connectivity index (χ4n) is 3.82. The lowest BCUT2D eigenvalue weighted by Gasteiger charge is -2.39. The van der Waals surface area contributed by atoms with Gasteiger partial charge in [-0.1, -0.05) is 32.9 Å². The van der Waals surface area contributed by atoms with Crippen LogP contribution in [-0.2, 0) is 4.79 Å². The Morgan fingerprint density at radius 2 is 2.00 bits per heavy atom. The molecule has 3 rings (SSSR count). The van der Waals surface area contributed by atoms with Gasteiger partial charge < -0.3 is 10.1 Å². The van der Waals surface area contributed by atoms with E-state index in [0.717, 1.165) is 46.2 Å². The molecule has 1 aromatic carbocycles. The number of allylic oxidation sites excluding steroid dienone is 3. The molecule has 0 bridgehead atoms. The van der Waals surface area contributed by atoms with Crippen LogP contribution in [0.25, 0.3) is 0 Å². The Bertz CT molecular complexity index is 844. The van der Waals surface area contributed by atoms with Crippen molar-refractivity contribution < 1.29 is 9.53 Å². The van der Waals surface area contributed by atoms with Crippen molar-refractivity contribution in [1.29, 1.82) is 5.26 Å². The molecule has 0 spiro atoms. The molecule has 0 saturated heterocycles. The van der Waals surface area contributed by atoms with Crippen molar-refractivity contribution in [3.63, 3.8) is 0 Å². The Hall–Kier alpha value is -2.19. The molecule has 0 fully saturated rings. The van der Waals surface area contributed by atoms with Crippen LogP contribution < -0.4 is 10.1 Å².